The number of anilines is 1. The summed E-state index contributed by atoms with van der Waals surface area (Å²) >= 11 is 23.5. The summed E-state index contributed by atoms with van der Waals surface area (Å²) < 4.78 is 2.97. The van der Waals surface area contributed by atoms with Crippen molar-refractivity contribution in [1.82, 2.24) is 8.99 Å². The Labute approximate surface area is 195 Å². The Bertz CT molecular complexity index is 1090. The monoisotopic (exact) mass is 477 g/mol. The fourth-order valence-electron chi connectivity index (χ4n) is 3.52. The molecule has 1 aliphatic carbocycles. The van der Waals surface area contributed by atoms with Crippen molar-refractivity contribution in [3.05, 3.63) is 81.6 Å². The van der Waals surface area contributed by atoms with Crippen LogP contribution in [0.3, 0.4) is 0 Å². The van der Waals surface area contributed by atoms with Gasteiger partial charge in [-0.05, 0) is 91.5 Å². The van der Waals surface area contributed by atoms with Gasteiger partial charge in [-0.15, -0.1) is 0 Å². The Morgan fingerprint density at radius 2 is 1.63 bits per heavy atom. The number of nitrogens with zero attached hydrogens (tertiary/aromatic N) is 2. The Kier molecular flexibility index (Phi) is 6.34. The molecule has 2 aromatic carbocycles. The number of benzene rings is 2. The van der Waals surface area contributed by atoms with Crippen molar-refractivity contribution in [2.75, 3.05) is 5.32 Å². The summed E-state index contributed by atoms with van der Waals surface area (Å²) in [5.41, 5.74) is 4.82. The van der Waals surface area contributed by atoms with Gasteiger partial charge in [-0.25, -0.2) is 0 Å². The molecule has 8 heteroatoms. The van der Waals surface area contributed by atoms with Crippen molar-refractivity contribution in [1.29, 1.82) is 0 Å². The average molecular weight is 479 g/mol. The van der Waals surface area contributed by atoms with Gasteiger partial charge in [0, 0.05) is 40.6 Å². The van der Waals surface area contributed by atoms with Crippen LogP contribution in [0.5, 0.6) is 0 Å². The summed E-state index contributed by atoms with van der Waals surface area (Å²) in [7, 11) is 0. The molecule has 1 N–H and O–H groups in total. The van der Waals surface area contributed by atoms with Crippen LogP contribution in [-0.2, 0) is 12.8 Å². The van der Waals surface area contributed by atoms with Gasteiger partial charge in [-0.2, -0.15) is 4.42 Å². The largest absolute Gasteiger partial charge is 0.331 e. The molecule has 1 aliphatic rings. The molecule has 0 spiro atoms. The van der Waals surface area contributed by atoms with E-state index in [1.54, 1.807) is 6.07 Å². The number of hydrogen-bond acceptors (Lipinski definition) is 2. The molecule has 4 nitrogen and oxygen atoms in total. The van der Waals surface area contributed by atoms with E-state index in [1.165, 1.54) is 36.1 Å². The molecule has 4 rings (SSSR count). The fourth-order valence-corrected chi connectivity index (χ4v) is 4.22. The summed E-state index contributed by atoms with van der Waals surface area (Å²) in [6, 6.07) is 12.4. The first kappa shape index (κ1) is 21.2. The van der Waals surface area contributed by atoms with E-state index in [1.807, 2.05) is 24.3 Å². The number of hydrogen-bond donors (Lipinski definition) is 1. The van der Waals surface area contributed by atoms with E-state index in [-0.39, 0.29) is 15.7 Å². The molecule has 3 aromatic rings. The standard InChI is InChI=1S/C22H18Cl3N3OS/c23-16-5-10-20(24)19(11-16)21(29)28(25)22(30)26-17-6-8-18(9-7-17)27-12-14-3-1-2-4-15(14)13-27/h5-13H,1-4H2,(H,26,30). The maximum atomic E-state index is 12.6. The van der Waals surface area contributed by atoms with Crippen molar-refractivity contribution >= 4 is 63.9 Å². The molecule has 0 radical (unpaired) electrons. The lowest BCUT2D eigenvalue weighted by molar-refractivity contribution is 0.0916. The fraction of sp³-hybridized carbons (Fsp3) is 0.182. The summed E-state index contributed by atoms with van der Waals surface area (Å²) in [6.45, 7) is 0. The molecular weight excluding hydrogens is 461 g/mol. The molecular formula is C22H18Cl3N3OS. The molecule has 0 unspecified atom stereocenters. The molecule has 1 heterocycles. The lowest BCUT2D eigenvalue weighted by atomic mass is 9.96. The summed E-state index contributed by atoms with van der Waals surface area (Å²) in [5.74, 6) is -0.559. The number of rotatable bonds is 3. The molecule has 0 saturated heterocycles. The van der Waals surface area contributed by atoms with Crippen LogP contribution in [0.15, 0.2) is 54.9 Å². The van der Waals surface area contributed by atoms with Crippen LogP contribution in [0.4, 0.5) is 5.69 Å². The first-order chi connectivity index (χ1) is 14.4. The SMILES string of the molecule is O=C(c1cc(Cl)ccc1Cl)N(Cl)C(=S)Nc1ccc(-n2cc3c(c2)CCCC3)cc1. The maximum Gasteiger partial charge on any atom is 0.276 e. The van der Waals surface area contributed by atoms with Gasteiger partial charge in [0.25, 0.3) is 5.91 Å². The first-order valence-corrected chi connectivity index (χ1v) is 11.0. The zero-order valence-electron chi connectivity index (χ0n) is 15.9. The van der Waals surface area contributed by atoms with E-state index in [0.29, 0.717) is 5.02 Å². The van der Waals surface area contributed by atoms with Gasteiger partial charge in [0.1, 0.15) is 0 Å². The quantitative estimate of drug-likeness (QED) is 0.338. The second-order valence-electron chi connectivity index (χ2n) is 7.11. The predicted octanol–water partition coefficient (Wildman–Crippen LogP) is 6.66. The van der Waals surface area contributed by atoms with E-state index in [4.69, 9.17) is 47.2 Å². The number of aromatic nitrogens is 1. The molecule has 0 bridgehead atoms. The summed E-state index contributed by atoms with van der Waals surface area (Å²) in [4.78, 5) is 12.6. The van der Waals surface area contributed by atoms with Gasteiger partial charge in [0.05, 0.1) is 10.6 Å². The number of fused-ring (bicyclic) bond motifs is 1. The van der Waals surface area contributed by atoms with Gasteiger partial charge < -0.3 is 9.88 Å². The lowest BCUT2D eigenvalue weighted by Crippen LogP contribution is -2.32. The third-order valence-corrected chi connectivity index (χ3v) is 6.35. The van der Waals surface area contributed by atoms with Crippen molar-refractivity contribution in [3.8, 4) is 5.69 Å². The maximum absolute atomic E-state index is 12.6. The van der Waals surface area contributed by atoms with Gasteiger partial charge in [0.2, 0.25) is 0 Å². The van der Waals surface area contributed by atoms with Crippen LogP contribution >= 0.6 is 47.2 Å². The van der Waals surface area contributed by atoms with Crippen LogP contribution in [-0.4, -0.2) is 20.0 Å². The normalized spacial score (nSPS) is 12.9. The molecule has 0 aliphatic heterocycles. The van der Waals surface area contributed by atoms with Crippen molar-refractivity contribution in [3.63, 3.8) is 0 Å². The third-order valence-electron chi connectivity index (χ3n) is 5.08. The number of halogens is 3. The molecule has 1 amide bonds. The number of carbonyl (C=O) groups excluding carboxylic acids is 1. The number of thiocarbonyl (C=S) groups is 1. The Morgan fingerprint density at radius 3 is 2.27 bits per heavy atom. The van der Waals surface area contributed by atoms with Crippen LogP contribution in [0.25, 0.3) is 5.69 Å². The number of amides is 1. The first-order valence-electron chi connectivity index (χ1n) is 9.49. The average Bonchev–Trinajstić information content (AvgIpc) is 3.19. The second-order valence-corrected chi connectivity index (χ2v) is 8.68. The van der Waals surface area contributed by atoms with Gasteiger partial charge in [0.15, 0.2) is 5.11 Å². The van der Waals surface area contributed by atoms with E-state index in [2.05, 4.69) is 22.3 Å². The predicted molar refractivity (Wildman–Crippen MR) is 127 cm³/mol. The van der Waals surface area contributed by atoms with Crippen molar-refractivity contribution in [2.45, 2.75) is 25.7 Å². The van der Waals surface area contributed by atoms with Crippen LogP contribution in [0.1, 0.15) is 34.3 Å². The minimum Gasteiger partial charge on any atom is -0.331 e. The van der Waals surface area contributed by atoms with Crippen LogP contribution in [0.2, 0.25) is 10.0 Å². The number of carbonyl (C=O) groups is 1. The van der Waals surface area contributed by atoms with E-state index < -0.39 is 5.91 Å². The zero-order chi connectivity index (χ0) is 21.3. The second kappa shape index (κ2) is 8.98. The van der Waals surface area contributed by atoms with E-state index >= 15 is 0 Å². The van der Waals surface area contributed by atoms with Gasteiger partial charge in [-0.1, -0.05) is 23.2 Å². The highest BCUT2D eigenvalue weighted by Crippen LogP contribution is 2.26. The number of aryl methyl sites for hydroxylation is 2. The summed E-state index contributed by atoms with van der Waals surface area (Å²) in [6.07, 6.45) is 9.21. The third kappa shape index (κ3) is 4.49. The molecule has 0 fully saturated rings. The van der Waals surface area contributed by atoms with Crippen molar-refractivity contribution in [2.24, 2.45) is 0 Å². The van der Waals surface area contributed by atoms with E-state index in [0.717, 1.165) is 28.6 Å². The van der Waals surface area contributed by atoms with E-state index in [9.17, 15) is 4.79 Å². The molecule has 30 heavy (non-hydrogen) atoms. The zero-order valence-corrected chi connectivity index (χ0v) is 19.0. The smallest absolute Gasteiger partial charge is 0.276 e. The number of nitrogens with one attached hydrogen (secondary N) is 1. The lowest BCUT2D eigenvalue weighted by Gasteiger charge is -2.17. The molecule has 0 atom stereocenters. The van der Waals surface area contributed by atoms with Gasteiger partial charge >= 0.3 is 0 Å². The van der Waals surface area contributed by atoms with Crippen LogP contribution < -0.4 is 5.32 Å². The highest BCUT2D eigenvalue weighted by molar-refractivity contribution is 7.80. The summed E-state index contributed by atoms with van der Waals surface area (Å²) in [5, 5.41) is 3.65. The van der Waals surface area contributed by atoms with Crippen LogP contribution in [0, 0.1) is 0 Å². The van der Waals surface area contributed by atoms with Crippen molar-refractivity contribution < 1.29 is 4.79 Å². The minimum atomic E-state index is -0.559. The highest BCUT2D eigenvalue weighted by Gasteiger charge is 2.21. The Balaban J connectivity index is 1.45. The molecule has 0 saturated carbocycles. The highest BCUT2D eigenvalue weighted by atomic mass is 35.5. The Morgan fingerprint density at radius 1 is 1.00 bits per heavy atom. The van der Waals surface area contributed by atoms with Gasteiger partial charge in [-0.3, -0.25) is 4.79 Å². The minimum absolute atomic E-state index is 0.0434. The topological polar surface area (TPSA) is 37.3 Å². The molecule has 154 valence electrons. The Hall–Kier alpha value is -2.05. The molecule has 1 aromatic heterocycles.